The minimum Gasteiger partial charge on any atom is -0.309 e. The summed E-state index contributed by atoms with van der Waals surface area (Å²) in [6, 6.07) is 7.80. The third-order valence-electron chi connectivity index (χ3n) is 2.58. The first-order chi connectivity index (χ1) is 7.68. The van der Waals surface area contributed by atoms with Crippen LogP contribution in [0.1, 0.15) is 5.56 Å². The van der Waals surface area contributed by atoms with E-state index in [0.29, 0.717) is 0 Å². The van der Waals surface area contributed by atoms with Crippen LogP contribution in [-0.2, 0) is 6.42 Å². The van der Waals surface area contributed by atoms with E-state index in [1.807, 2.05) is 43.7 Å². The van der Waals surface area contributed by atoms with Gasteiger partial charge < -0.3 is 4.90 Å². The molecule has 1 aromatic carbocycles. The largest absolute Gasteiger partial charge is 0.309 e. The molecule has 0 aliphatic carbocycles. The summed E-state index contributed by atoms with van der Waals surface area (Å²) in [4.78, 5) is 14.2. The summed E-state index contributed by atoms with van der Waals surface area (Å²) in [7, 11) is 4.05. The van der Waals surface area contributed by atoms with Crippen LogP contribution < -0.4 is 5.43 Å². The maximum atomic E-state index is 12.1. The van der Waals surface area contributed by atoms with E-state index in [1.54, 1.807) is 11.3 Å². The van der Waals surface area contributed by atoms with Crippen LogP contribution in [-0.4, -0.2) is 25.5 Å². The van der Waals surface area contributed by atoms with E-state index in [4.69, 9.17) is 0 Å². The summed E-state index contributed by atoms with van der Waals surface area (Å²) in [6.07, 6.45) is 0.827. The number of nitrogens with zero attached hydrogens (tertiary/aromatic N) is 1. The molecule has 1 heterocycles. The highest BCUT2D eigenvalue weighted by Gasteiger charge is 2.04. The second kappa shape index (κ2) is 4.76. The Labute approximate surface area is 99.1 Å². The van der Waals surface area contributed by atoms with Gasteiger partial charge in [-0.1, -0.05) is 12.1 Å². The van der Waals surface area contributed by atoms with Crippen molar-refractivity contribution in [2.24, 2.45) is 0 Å². The van der Waals surface area contributed by atoms with E-state index in [9.17, 15) is 4.79 Å². The van der Waals surface area contributed by atoms with Crippen molar-refractivity contribution in [3.63, 3.8) is 0 Å². The zero-order valence-corrected chi connectivity index (χ0v) is 10.4. The maximum Gasteiger partial charge on any atom is 0.191 e. The number of likely N-dealkylation sites (N-methyl/N-ethyl adjacent to an activating group) is 1. The van der Waals surface area contributed by atoms with E-state index in [-0.39, 0.29) is 5.43 Å². The molecule has 0 amide bonds. The lowest BCUT2D eigenvalue weighted by Gasteiger charge is -2.08. The normalized spacial score (nSPS) is 11.2. The molecule has 2 rings (SSSR count). The monoisotopic (exact) mass is 233 g/mol. The fourth-order valence-corrected chi connectivity index (χ4v) is 2.57. The molecule has 0 atom stereocenters. The van der Waals surface area contributed by atoms with Gasteiger partial charge in [-0.2, -0.15) is 0 Å². The molecule has 1 aromatic heterocycles. The average molecular weight is 233 g/mol. The van der Waals surface area contributed by atoms with Crippen LogP contribution in [0.25, 0.3) is 10.1 Å². The van der Waals surface area contributed by atoms with E-state index >= 15 is 0 Å². The van der Waals surface area contributed by atoms with Gasteiger partial charge in [-0.15, -0.1) is 11.3 Å². The van der Waals surface area contributed by atoms with Gasteiger partial charge in [0.1, 0.15) is 0 Å². The summed E-state index contributed by atoms with van der Waals surface area (Å²) in [6.45, 7) is 0.917. The Morgan fingerprint density at radius 2 is 2.00 bits per heavy atom. The Bertz CT molecular complexity index is 545. The summed E-state index contributed by atoms with van der Waals surface area (Å²) >= 11 is 1.65. The molecule has 0 unspecified atom stereocenters. The lowest BCUT2D eigenvalue weighted by Crippen LogP contribution is -2.18. The number of hydrogen-bond donors (Lipinski definition) is 0. The highest BCUT2D eigenvalue weighted by molar-refractivity contribution is 7.16. The van der Waals surface area contributed by atoms with Crippen LogP contribution in [0.15, 0.2) is 34.4 Å². The molecule has 0 spiro atoms. The van der Waals surface area contributed by atoms with Crippen molar-refractivity contribution in [1.82, 2.24) is 4.90 Å². The topological polar surface area (TPSA) is 20.3 Å². The van der Waals surface area contributed by atoms with Crippen molar-refractivity contribution in [3.8, 4) is 0 Å². The molecule has 0 bridgehead atoms. The molecule has 0 aliphatic heterocycles. The number of fused-ring (bicyclic) bond motifs is 1. The van der Waals surface area contributed by atoms with E-state index < -0.39 is 0 Å². The second-order valence-corrected chi connectivity index (χ2v) is 5.05. The molecule has 3 heteroatoms. The Hall–Kier alpha value is -1.19. The van der Waals surface area contributed by atoms with Crippen LogP contribution in [0.3, 0.4) is 0 Å². The van der Waals surface area contributed by atoms with Crippen molar-refractivity contribution in [1.29, 1.82) is 0 Å². The van der Waals surface area contributed by atoms with Gasteiger partial charge in [0, 0.05) is 22.2 Å². The fraction of sp³-hybridized carbons (Fsp3) is 0.308. The first-order valence-electron chi connectivity index (χ1n) is 5.32. The lowest BCUT2D eigenvalue weighted by atomic mass is 10.1. The van der Waals surface area contributed by atoms with E-state index in [2.05, 4.69) is 4.90 Å². The quantitative estimate of drug-likeness (QED) is 0.811. The van der Waals surface area contributed by atoms with Crippen molar-refractivity contribution < 1.29 is 0 Å². The molecule has 0 saturated carbocycles. The molecule has 16 heavy (non-hydrogen) atoms. The van der Waals surface area contributed by atoms with Gasteiger partial charge in [-0.05, 0) is 38.0 Å². The van der Waals surface area contributed by atoms with Crippen LogP contribution in [0.5, 0.6) is 0 Å². The Morgan fingerprint density at radius 1 is 1.25 bits per heavy atom. The second-order valence-electron chi connectivity index (χ2n) is 4.14. The highest BCUT2D eigenvalue weighted by Crippen LogP contribution is 2.16. The molecule has 0 radical (unpaired) electrons. The van der Waals surface area contributed by atoms with Gasteiger partial charge >= 0.3 is 0 Å². The van der Waals surface area contributed by atoms with Crippen molar-refractivity contribution in [2.75, 3.05) is 20.6 Å². The van der Waals surface area contributed by atoms with Crippen molar-refractivity contribution in [3.05, 3.63) is 45.4 Å². The third kappa shape index (κ3) is 2.31. The molecular weight excluding hydrogens is 218 g/mol. The first kappa shape index (κ1) is 11.3. The third-order valence-corrected chi connectivity index (χ3v) is 3.59. The molecule has 0 saturated heterocycles. The summed E-state index contributed by atoms with van der Waals surface area (Å²) in [5.41, 5.74) is 1.12. The predicted molar refractivity (Wildman–Crippen MR) is 70.4 cm³/mol. The predicted octanol–water partition coefficient (Wildman–Crippen LogP) is 2.37. The van der Waals surface area contributed by atoms with Gasteiger partial charge in [-0.25, -0.2) is 0 Å². The standard InChI is InChI=1S/C13H15NOS/c1-14(2)8-7-10-9-16-12-6-4-3-5-11(12)13(10)15/h3-6,9H,7-8H2,1-2H3. The van der Waals surface area contributed by atoms with Crippen molar-refractivity contribution in [2.45, 2.75) is 6.42 Å². The molecule has 0 aliphatic rings. The maximum absolute atomic E-state index is 12.1. The first-order valence-corrected chi connectivity index (χ1v) is 6.20. The summed E-state index contributed by atoms with van der Waals surface area (Å²) in [5, 5.41) is 2.84. The van der Waals surface area contributed by atoms with Gasteiger partial charge in [-0.3, -0.25) is 4.79 Å². The molecular formula is C13H15NOS. The lowest BCUT2D eigenvalue weighted by molar-refractivity contribution is 0.413. The van der Waals surface area contributed by atoms with Gasteiger partial charge in [0.15, 0.2) is 5.43 Å². The Balaban J connectivity index is 2.41. The SMILES string of the molecule is CN(C)CCc1csc2ccccc2c1=O. The van der Waals surface area contributed by atoms with Gasteiger partial charge in [0.05, 0.1) is 0 Å². The molecule has 84 valence electrons. The zero-order chi connectivity index (χ0) is 11.5. The highest BCUT2D eigenvalue weighted by atomic mass is 32.1. The smallest absolute Gasteiger partial charge is 0.191 e. The Kier molecular flexibility index (Phi) is 3.36. The van der Waals surface area contributed by atoms with Crippen LogP contribution in [0.4, 0.5) is 0 Å². The minimum absolute atomic E-state index is 0.191. The summed E-state index contributed by atoms with van der Waals surface area (Å²) in [5.74, 6) is 0. The van der Waals surface area contributed by atoms with E-state index in [0.717, 1.165) is 28.6 Å². The fourth-order valence-electron chi connectivity index (χ4n) is 1.63. The number of benzene rings is 1. The van der Waals surface area contributed by atoms with Crippen LogP contribution in [0.2, 0.25) is 0 Å². The molecule has 0 N–H and O–H groups in total. The molecule has 2 nitrogen and oxygen atoms in total. The van der Waals surface area contributed by atoms with Crippen LogP contribution in [0, 0.1) is 0 Å². The minimum atomic E-state index is 0.191. The zero-order valence-electron chi connectivity index (χ0n) is 9.56. The average Bonchev–Trinajstić information content (AvgIpc) is 2.28. The molecule has 2 aromatic rings. The number of rotatable bonds is 3. The van der Waals surface area contributed by atoms with Crippen molar-refractivity contribution >= 4 is 21.4 Å². The van der Waals surface area contributed by atoms with Crippen LogP contribution >= 0.6 is 11.3 Å². The number of hydrogen-bond acceptors (Lipinski definition) is 3. The Morgan fingerprint density at radius 3 is 2.75 bits per heavy atom. The molecule has 0 fully saturated rings. The van der Waals surface area contributed by atoms with Gasteiger partial charge in [0.25, 0.3) is 0 Å². The van der Waals surface area contributed by atoms with E-state index in [1.165, 1.54) is 0 Å². The summed E-state index contributed by atoms with van der Waals surface area (Å²) < 4.78 is 1.07. The van der Waals surface area contributed by atoms with Gasteiger partial charge in [0.2, 0.25) is 0 Å².